The molecule has 161 valence electrons. The van der Waals surface area contributed by atoms with Gasteiger partial charge in [0.1, 0.15) is 0 Å². The van der Waals surface area contributed by atoms with E-state index in [1.165, 1.54) is 6.07 Å². The normalized spacial score (nSPS) is 19.5. The molecule has 1 atom stereocenters. The first kappa shape index (κ1) is 23.4. The lowest BCUT2D eigenvalue weighted by molar-refractivity contribution is -0.137. The van der Waals surface area contributed by atoms with Gasteiger partial charge in [-0.1, -0.05) is 53.0 Å². The number of aliphatic hydroxyl groups excluding tert-OH is 1. The minimum absolute atomic E-state index is 0.0389. The van der Waals surface area contributed by atoms with E-state index in [0.29, 0.717) is 11.1 Å². The maximum atomic E-state index is 13.3. The van der Waals surface area contributed by atoms with Crippen LogP contribution >= 0.6 is 0 Å². The van der Waals surface area contributed by atoms with Gasteiger partial charge in [0.15, 0.2) is 0 Å². The molecule has 0 bridgehead atoms. The summed E-state index contributed by atoms with van der Waals surface area (Å²) in [6.45, 7) is 12.6. The van der Waals surface area contributed by atoms with Gasteiger partial charge in [0.2, 0.25) is 0 Å². The van der Waals surface area contributed by atoms with Crippen molar-refractivity contribution >= 4 is 8.32 Å². The summed E-state index contributed by atoms with van der Waals surface area (Å²) in [5, 5.41) is 11.1. The molecule has 1 saturated carbocycles. The quantitative estimate of drug-likeness (QED) is 0.513. The lowest BCUT2D eigenvalue weighted by Crippen LogP contribution is -2.40. The van der Waals surface area contributed by atoms with Gasteiger partial charge in [-0.25, -0.2) is 0 Å². The highest BCUT2D eigenvalue weighted by atomic mass is 28.4. The first-order chi connectivity index (χ1) is 12.7. The number of hydrogen-bond donors (Lipinski definition) is 1. The maximum Gasteiger partial charge on any atom is 0.416 e. The third-order valence-corrected chi connectivity index (χ3v) is 11.3. The summed E-state index contributed by atoms with van der Waals surface area (Å²) in [5.74, 6) is 0. The number of hydrogen-bond acceptors (Lipinski definition) is 2. The van der Waals surface area contributed by atoms with Crippen molar-refractivity contribution in [2.45, 2.75) is 96.8 Å². The Labute approximate surface area is 168 Å². The minimum atomic E-state index is -4.41. The van der Waals surface area contributed by atoms with E-state index in [1.807, 2.05) is 6.92 Å². The van der Waals surface area contributed by atoms with Crippen molar-refractivity contribution in [2.24, 2.45) is 5.41 Å². The van der Waals surface area contributed by atoms with Crippen molar-refractivity contribution in [1.29, 1.82) is 0 Å². The van der Waals surface area contributed by atoms with E-state index < -0.39 is 26.2 Å². The average Bonchev–Trinajstić information content (AvgIpc) is 2.58. The van der Waals surface area contributed by atoms with E-state index in [1.54, 1.807) is 0 Å². The molecule has 1 unspecified atom stereocenters. The van der Waals surface area contributed by atoms with Crippen molar-refractivity contribution in [3.63, 3.8) is 0 Å². The summed E-state index contributed by atoms with van der Waals surface area (Å²) in [5.41, 5.74) is 0.0464. The Morgan fingerprint density at radius 2 is 1.68 bits per heavy atom. The number of halogens is 3. The molecular weight excluding hydrogens is 381 g/mol. The molecule has 2 nitrogen and oxygen atoms in total. The Morgan fingerprint density at radius 1 is 1.11 bits per heavy atom. The second-order valence-electron chi connectivity index (χ2n) is 10.1. The Hall–Kier alpha value is -0.853. The zero-order valence-corrected chi connectivity index (χ0v) is 19.0. The van der Waals surface area contributed by atoms with Gasteiger partial charge in [0.05, 0.1) is 11.7 Å². The Balaban J connectivity index is 2.39. The van der Waals surface area contributed by atoms with Crippen molar-refractivity contribution in [2.75, 3.05) is 0 Å². The molecule has 0 spiro atoms. The monoisotopic (exact) mass is 416 g/mol. The molecule has 0 aliphatic heterocycles. The van der Waals surface area contributed by atoms with Crippen LogP contribution in [0.4, 0.5) is 13.2 Å². The highest BCUT2D eigenvalue weighted by Crippen LogP contribution is 2.47. The number of alkyl halides is 3. The van der Waals surface area contributed by atoms with Gasteiger partial charge in [-0.15, -0.1) is 18.1 Å². The van der Waals surface area contributed by atoms with Crippen LogP contribution in [0.25, 0.3) is 0 Å². The third kappa shape index (κ3) is 5.19. The largest absolute Gasteiger partial charge is 0.561 e. The van der Waals surface area contributed by atoms with Gasteiger partial charge >= 0.3 is 6.18 Å². The van der Waals surface area contributed by atoms with Crippen molar-refractivity contribution in [1.82, 2.24) is 0 Å². The molecule has 1 N–H and O–H groups in total. The minimum Gasteiger partial charge on any atom is -0.561 e. The van der Waals surface area contributed by atoms with Crippen LogP contribution in [-0.4, -0.2) is 13.4 Å². The maximum absolute atomic E-state index is 13.3. The second-order valence-corrected chi connectivity index (χ2v) is 14.9. The standard InChI is InChI=1S/C22H35F3O2Si/c1-20(2,3)28(5,6)27-15-16-14-17(22(23,24)25)10-11-18(16)19(26)21(4)12-8-7-9-13-21/h10-11,14,19,26H,7-9,12-13,15H2,1-6H3/q-1. The molecular formula is C22H35F3O2Si-. The van der Waals surface area contributed by atoms with Gasteiger partial charge in [-0.3, -0.25) is 0 Å². The number of benzene rings is 1. The van der Waals surface area contributed by atoms with Gasteiger partial charge in [-0.05, 0) is 49.8 Å². The molecule has 28 heavy (non-hydrogen) atoms. The van der Waals surface area contributed by atoms with Crippen LogP contribution in [-0.2, 0) is 17.2 Å². The summed E-state index contributed by atoms with van der Waals surface area (Å²) in [6.07, 6.45) is -0.183. The number of rotatable bonds is 5. The summed E-state index contributed by atoms with van der Waals surface area (Å²) >= 11 is 0. The third-order valence-electron chi connectivity index (χ3n) is 6.82. The Kier molecular flexibility index (Phi) is 6.79. The first-order valence-corrected chi connectivity index (χ1v) is 13.1. The summed E-state index contributed by atoms with van der Waals surface area (Å²) < 4.78 is 46.1. The molecule has 0 radical (unpaired) electrons. The number of aliphatic hydroxyl groups is 1. The zero-order chi connectivity index (χ0) is 21.4. The molecule has 1 aromatic carbocycles. The van der Waals surface area contributed by atoms with E-state index in [9.17, 15) is 18.3 Å². The lowest BCUT2D eigenvalue weighted by Gasteiger charge is -2.48. The fourth-order valence-corrected chi connectivity index (χ4v) is 4.61. The van der Waals surface area contributed by atoms with Gasteiger partial charge < -0.3 is 9.53 Å². The molecule has 1 fully saturated rings. The predicted molar refractivity (Wildman–Crippen MR) is 110 cm³/mol. The molecule has 6 heteroatoms. The van der Waals surface area contributed by atoms with Crippen molar-refractivity contribution in [3.8, 4) is 0 Å². The molecule has 2 rings (SSSR count). The fraction of sp³-hybridized carbons (Fsp3) is 0.727. The molecule has 0 amide bonds. The molecule has 1 aliphatic rings. The van der Waals surface area contributed by atoms with Crippen LogP contribution in [0.2, 0.25) is 18.1 Å². The summed E-state index contributed by atoms with van der Waals surface area (Å²) in [4.78, 5) is 0. The van der Waals surface area contributed by atoms with Gasteiger partial charge in [0, 0.05) is 6.61 Å². The van der Waals surface area contributed by atoms with E-state index in [-0.39, 0.29) is 17.1 Å². The van der Waals surface area contributed by atoms with Gasteiger partial charge in [-0.2, -0.15) is 13.2 Å². The smallest absolute Gasteiger partial charge is 0.416 e. The molecule has 0 saturated heterocycles. The Morgan fingerprint density at radius 3 is 2.18 bits per heavy atom. The molecule has 1 aliphatic carbocycles. The van der Waals surface area contributed by atoms with Crippen LogP contribution in [0.3, 0.4) is 0 Å². The highest BCUT2D eigenvalue weighted by Gasteiger charge is 2.38. The highest BCUT2D eigenvalue weighted by molar-refractivity contribution is 6.74. The summed E-state index contributed by atoms with van der Waals surface area (Å²) in [7, 11) is -2.13. The SMILES string of the molecule is CC1(C(O)c2ccc(C(F)(F)F)cc2CO[Si-](C)(C)C(C)(C)C)CCCCC1. The first-order valence-electron chi connectivity index (χ1n) is 10.2. The molecule has 0 aromatic heterocycles. The Bertz CT molecular complexity index is 671. The van der Waals surface area contributed by atoms with E-state index in [4.69, 9.17) is 4.43 Å². The molecule has 1 aromatic rings. The lowest BCUT2D eigenvalue weighted by atomic mass is 9.69. The summed E-state index contributed by atoms with van der Waals surface area (Å²) in [6, 6.07) is 3.70. The van der Waals surface area contributed by atoms with Crippen molar-refractivity contribution < 1.29 is 22.7 Å². The topological polar surface area (TPSA) is 29.5 Å². The van der Waals surface area contributed by atoms with Crippen molar-refractivity contribution in [3.05, 3.63) is 34.9 Å². The van der Waals surface area contributed by atoms with Crippen LogP contribution in [0.5, 0.6) is 0 Å². The van der Waals surface area contributed by atoms with Crippen LogP contribution in [0, 0.1) is 5.41 Å². The second kappa shape index (κ2) is 8.11. The van der Waals surface area contributed by atoms with Crippen LogP contribution in [0.1, 0.15) is 82.6 Å². The molecule has 0 heterocycles. The van der Waals surface area contributed by atoms with Gasteiger partial charge in [0.25, 0.3) is 0 Å². The van der Waals surface area contributed by atoms with E-state index in [2.05, 4.69) is 33.9 Å². The van der Waals surface area contributed by atoms with Crippen LogP contribution in [0.15, 0.2) is 18.2 Å². The van der Waals surface area contributed by atoms with E-state index in [0.717, 1.165) is 44.2 Å². The van der Waals surface area contributed by atoms with E-state index >= 15 is 0 Å². The van der Waals surface area contributed by atoms with Crippen LogP contribution < -0.4 is 0 Å². The zero-order valence-electron chi connectivity index (χ0n) is 18.0. The fourth-order valence-electron chi connectivity index (χ4n) is 3.66. The predicted octanol–water partition coefficient (Wildman–Crippen LogP) is 7.23. The average molecular weight is 417 g/mol.